The number of hydrogen-bond acceptors (Lipinski definition) is 8. The first-order chi connectivity index (χ1) is 10.9. The maximum atomic E-state index is 12.1. The van der Waals surface area contributed by atoms with E-state index in [1.807, 2.05) is 6.92 Å². The highest BCUT2D eigenvalue weighted by Crippen LogP contribution is 2.29. The fourth-order valence-electron chi connectivity index (χ4n) is 1.59. The number of anilines is 1. The largest absolute Gasteiger partial charge is 0.293 e. The molecular weight excluding hydrogens is 374 g/mol. The van der Waals surface area contributed by atoms with Crippen LogP contribution in [0.2, 0.25) is 0 Å². The number of carbonyl (C=O) groups excluding carboxylic acids is 1. The van der Waals surface area contributed by atoms with E-state index < -0.39 is 10.0 Å². The minimum Gasteiger partial charge on any atom is -0.293 e. The molecule has 0 radical (unpaired) electrons. The summed E-state index contributed by atoms with van der Waals surface area (Å²) >= 11 is 4.46. The Hall–Kier alpha value is -1.10. The lowest BCUT2D eigenvalue weighted by molar-refractivity contribution is 0.102. The Morgan fingerprint density at radius 1 is 1.17 bits per heavy atom. The van der Waals surface area contributed by atoms with Crippen LogP contribution < -0.4 is 4.72 Å². The van der Waals surface area contributed by atoms with Crippen molar-refractivity contribution in [1.29, 1.82) is 0 Å². The van der Waals surface area contributed by atoms with Gasteiger partial charge >= 0.3 is 0 Å². The second-order valence-corrected chi connectivity index (χ2v) is 9.89. The number of carbonyl (C=O) groups is 1. The molecule has 1 aromatic carbocycles. The van der Waals surface area contributed by atoms with E-state index in [4.69, 9.17) is 0 Å². The summed E-state index contributed by atoms with van der Waals surface area (Å²) in [7, 11) is -3.31. The summed E-state index contributed by atoms with van der Waals surface area (Å²) in [5.74, 6) is 1.16. The Bertz CT molecular complexity index is 772. The number of thioether (sulfide) groups is 2. The van der Waals surface area contributed by atoms with Gasteiger partial charge in [-0.3, -0.25) is 9.52 Å². The number of nitrogens with zero attached hydrogens (tertiary/aromatic N) is 2. The molecule has 0 unspecified atom stereocenters. The van der Waals surface area contributed by atoms with Gasteiger partial charge in [-0.15, -0.1) is 10.2 Å². The van der Waals surface area contributed by atoms with Crippen LogP contribution in [-0.2, 0) is 10.0 Å². The minimum absolute atomic E-state index is 0.0409. The Labute approximate surface area is 147 Å². The number of Topliss-reactive ketones (excluding diaryl/α,β-unsaturated/α-hetero) is 1. The molecule has 0 spiro atoms. The third-order valence-corrected chi connectivity index (χ3v) is 6.17. The lowest BCUT2D eigenvalue weighted by atomic mass is 10.1. The first kappa shape index (κ1) is 18.2. The van der Waals surface area contributed by atoms with Gasteiger partial charge in [-0.2, -0.15) is 0 Å². The number of sulfonamides is 1. The quantitative estimate of drug-likeness (QED) is 0.548. The fraction of sp³-hybridized carbons (Fsp3) is 0.308. The second-order valence-electron chi connectivity index (χ2n) is 4.43. The van der Waals surface area contributed by atoms with Gasteiger partial charge in [-0.1, -0.05) is 41.8 Å². The van der Waals surface area contributed by atoms with Crippen LogP contribution in [0.25, 0.3) is 0 Å². The van der Waals surface area contributed by atoms with E-state index in [9.17, 15) is 13.2 Å². The summed E-state index contributed by atoms with van der Waals surface area (Å²) < 4.78 is 26.3. The van der Waals surface area contributed by atoms with Crippen LogP contribution in [0.1, 0.15) is 17.3 Å². The molecule has 0 atom stereocenters. The van der Waals surface area contributed by atoms with Gasteiger partial charge in [0.1, 0.15) is 0 Å². The lowest BCUT2D eigenvalue weighted by Gasteiger charge is -2.04. The third kappa shape index (κ3) is 6.13. The van der Waals surface area contributed by atoms with E-state index in [1.165, 1.54) is 23.1 Å². The van der Waals surface area contributed by atoms with Crippen LogP contribution in [0.15, 0.2) is 32.9 Å². The monoisotopic (exact) mass is 389 g/mol. The van der Waals surface area contributed by atoms with Gasteiger partial charge in [-0.25, -0.2) is 8.42 Å². The fourth-order valence-corrected chi connectivity index (χ4v) is 4.96. The van der Waals surface area contributed by atoms with Crippen LogP contribution in [0.4, 0.5) is 5.69 Å². The van der Waals surface area contributed by atoms with Gasteiger partial charge in [0.25, 0.3) is 0 Å². The molecule has 0 saturated carbocycles. The van der Waals surface area contributed by atoms with E-state index in [-0.39, 0.29) is 11.5 Å². The highest BCUT2D eigenvalue weighted by Gasteiger charge is 2.11. The Morgan fingerprint density at radius 3 is 2.35 bits per heavy atom. The smallest absolute Gasteiger partial charge is 0.229 e. The average Bonchev–Trinajstić information content (AvgIpc) is 2.92. The Kier molecular flexibility index (Phi) is 6.45. The molecule has 6 nitrogen and oxygen atoms in total. The van der Waals surface area contributed by atoms with Crippen LogP contribution >= 0.6 is 34.9 Å². The van der Waals surface area contributed by atoms with Gasteiger partial charge in [0, 0.05) is 11.3 Å². The molecule has 1 aromatic heterocycles. The summed E-state index contributed by atoms with van der Waals surface area (Å²) in [6.07, 6.45) is 1.08. The van der Waals surface area contributed by atoms with Crippen LogP contribution in [-0.4, -0.2) is 42.2 Å². The predicted molar refractivity (Wildman–Crippen MR) is 96.3 cm³/mol. The molecule has 23 heavy (non-hydrogen) atoms. The summed E-state index contributed by atoms with van der Waals surface area (Å²) in [6, 6.07) is 6.35. The molecular formula is C13H15N3O3S4. The van der Waals surface area contributed by atoms with Crippen molar-refractivity contribution >= 4 is 56.4 Å². The third-order valence-electron chi connectivity index (χ3n) is 2.49. The second kappa shape index (κ2) is 8.13. The number of aromatic nitrogens is 2. The van der Waals surface area contributed by atoms with Crippen molar-refractivity contribution in [1.82, 2.24) is 10.2 Å². The Morgan fingerprint density at radius 2 is 1.78 bits per heavy atom. The minimum atomic E-state index is -3.31. The topological polar surface area (TPSA) is 89.0 Å². The summed E-state index contributed by atoms with van der Waals surface area (Å²) in [4.78, 5) is 12.1. The van der Waals surface area contributed by atoms with E-state index >= 15 is 0 Å². The number of hydrogen-bond donors (Lipinski definition) is 1. The molecule has 1 heterocycles. The molecule has 0 fully saturated rings. The van der Waals surface area contributed by atoms with Gasteiger partial charge in [0.15, 0.2) is 14.5 Å². The number of ketones is 1. The van der Waals surface area contributed by atoms with Crippen molar-refractivity contribution in [3.8, 4) is 0 Å². The molecule has 10 heteroatoms. The molecule has 2 aromatic rings. The highest BCUT2D eigenvalue weighted by atomic mass is 32.2. The first-order valence-corrected chi connectivity index (χ1v) is 11.3. The van der Waals surface area contributed by atoms with Gasteiger partial charge in [0.2, 0.25) is 10.0 Å². The number of benzene rings is 1. The van der Waals surface area contributed by atoms with Crippen LogP contribution in [0.5, 0.6) is 0 Å². The molecule has 0 amide bonds. The molecule has 0 saturated heterocycles. The van der Waals surface area contributed by atoms with E-state index in [0.29, 0.717) is 11.3 Å². The van der Waals surface area contributed by atoms with Crippen LogP contribution in [0, 0.1) is 0 Å². The van der Waals surface area contributed by atoms with Crippen LogP contribution in [0.3, 0.4) is 0 Å². The van der Waals surface area contributed by atoms with Crippen molar-refractivity contribution in [3.63, 3.8) is 0 Å². The maximum Gasteiger partial charge on any atom is 0.229 e. The molecule has 124 valence electrons. The molecule has 0 aliphatic carbocycles. The average molecular weight is 390 g/mol. The number of rotatable bonds is 8. The van der Waals surface area contributed by atoms with Gasteiger partial charge < -0.3 is 0 Å². The van der Waals surface area contributed by atoms with E-state index in [0.717, 1.165) is 20.7 Å². The van der Waals surface area contributed by atoms with Crippen molar-refractivity contribution in [2.45, 2.75) is 15.6 Å². The van der Waals surface area contributed by atoms with Crippen molar-refractivity contribution < 1.29 is 13.2 Å². The predicted octanol–water partition coefficient (Wildman–Crippen LogP) is 3.00. The van der Waals surface area contributed by atoms with Gasteiger partial charge in [-0.05, 0) is 30.0 Å². The summed E-state index contributed by atoms with van der Waals surface area (Å²) in [5, 5.41) is 8.07. The zero-order valence-corrected chi connectivity index (χ0v) is 15.7. The first-order valence-electron chi connectivity index (χ1n) is 6.57. The Balaban J connectivity index is 1.92. The summed E-state index contributed by atoms with van der Waals surface area (Å²) in [5.41, 5.74) is 0.964. The van der Waals surface area contributed by atoms with E-state index in [1.54, 1.807) is 36.0 Å². The molecule has 0 aliphatic heterocycles. The molecule has 1 N–H and O–H groups in total. The normalized spacial score (nSPS) is 11.4. The van der Waals surface area contributed by atoms with Crippen molar-refractivity contribution in [2.24, 2.45) is 0 Å². The summed E-state index contributed by atoms with van der Waals surface area (Å²) in [6.45, 7) is 2.05. The van der Waals surface area contributed by atoms with Gasteiger partial charge in [0.05, 0.1) is 12.0 Å². The SMILES string of the molecule is CCSc1nnc(SCC(=O)c2ccc(NS(C)(=O)=O)cc2)s1. The lowest BCUT2D eigenvalue weighted by Crippen LogP contribution is -2.10. The molecule has 0 bridgehead atoms. The highest BCUT2D eigenvalue weighted by molar-refractivity contribution is 8.03. The van der Waals surface area contributed by atoms with Crippen molar-refractivity contribution in [2.75, 3.05) is 22.5 Å². The zero-order valence-electron chi connectivity index (χ0n) is 12.5. The van der Waals surface area contributed by atoms with E-state index in [2.05, 4.69) is 14.9 Å². The molecule has 0 aliphatic rings. The maximum absolute atomic E-state index is 12.1. The standard InChI is InChI=1S/C13H15N3O3S4/c1-3-20-12-14-15-13(22-12)21-8-11(17)9-4-6-10(7-5-9)16-23(2,18)19/h4-7,16H,3,8H2,1-2H3. The van der Waals surface area contributed by atoms with Crippen molar-refractivity contribution in [3.05, 3.63) is 29.8 Å². The molecule has 2 rings (SSSR count). The zero-order chi connectivity index (χ0) is 16.9. The number of nitrogens with one attached hydrogen (secondary N) is 1.